The fraction of sp³-hybridized carbons (Fsp3) is 0.483. The smallest absolute Gasteiger partial charge is 0.242 e. The van der Waals surface area contributed by atoms with Gasteiger partial charge in [-0.15, -0.1) is 0 Å². The minimum Gasteiger partial charge on any atom is -0.358 e. The molecule has 1 saturated heterocycles. The molecule has 2 aliphatic rings. The molecule has 190 valence electrons. The van der Waals surface area contributed by atoms with Gasteiger partial charge in [0.05, 0.1) is 12.1 Å². The van der Waals surface area contributed by atoms with E-state index in [1.807, 2.05) is 24.3 Å². The number of fused-ring (bicyclic) bond motifs is 5. The van der Waals surface area contributed by atoms with Crippen molar-refractivity contribution in [2.45, 2.75) is 51.7 Å². The number of carbonyl (C=O) groups excluding carboxylic acids is 1. The number of anilines is 1. The first-order valence-corrected chi connectivity index (χ1v) is 13.3. The molecule has 2 bridgehead atoms. The van der Waals surface area contributed by atoms with E-state index in [-0.39, 0.29) is 23.9 Å². The molecular weight excluding hydrogens is 448 g/mol. The zero-order valence-electron chi connectivity index (χ0n) is 21.7. The fourth-order valence-electron chi connectivity index (χ4n) is 5.38. The van der Waals surface area contributed by atoms with Crippen LogP contribution in [0, 0.1) is 5.92 Å². The summed E-state index contributed by atoms with van der Waals surface area (Å²) in [4.78, 5) is 28.1. The van der Waals surface area contributed by atoms with E-state index < -0.39 is 0 Å². The van der Waals surface area contributed by atoms with Crippen LogP contribution in [-0.2, 0) is 11.3 Å². The van der Waals surface area contributed by atoms with Gasteiger partial charge in [-0.25, -0.2) is 9.97 Å². The molecule has 0 aliphatic carbocycles. The second-order valence-electron chi connectivity index (χ2n) is 10.6. The van der Waals surface area contributed by atoms with Crippen molar-refractivity contribution in [2.24, 2.45) is 5.92 Å². The summed E-state index contributed by atoms with van der Waals surface area (Å²) in [5, 5.41) is 7.67. The Balaban J connectivity index is 1.35. The normalized spacial score (nSPS) is 22.4. The van der Waals surface area contributed by atoms with Gasteiger partial charge >= 0.3 is 0 Å². The number of para-hydroxylation sites is 1. The topological polar surface area (TPSA) is 73.4 Å². The molecule has 5 rings (SSSR count). The number of hydrogen-bond donors (Lipinski definition) is 2. The van der Waals surface area contributed by atoms with Crippen molar-refractivity contribution >= 4 is 22.6 Å². The summed E-state index contributed by atoms with van der Waals surface area (Å²) in [6, 6.07) is 18.7. The Bertz CT molecular complexity index is 1180. The number of amides is 1. The zero-order valence-corrected chi connectivity index (χ0v) is 21.7. The second-order valence-corrected chi connectivity index (χ2v) is 10.6. The van der Waals surface area contributed by atoms with Crippen LogP contribution in [-0.4, -0.2) is 70.5 Å². The lowest BCUT2D eigenvalue weighted by atomic mass is 9.97. The van der Waals surface area contributed by atoms with Crippen LogP contribution in [0.25, 0.3) is 10.9 Å². The van der Waals surface area contributed by atoms with E-state index in [1.165, 1.54) is 5.56 Å². The molecule has 2 aromatic carbocycles. The van der Waals surface area contributed by atoms with Crippen LogP contribution in [0.15, 0.2) is 54.6 Å². The van der Waals surface area contributed by atoms with Gasteiger partial charge in [0, 0.05) is 37.6 Å². The molecule has 3 aromatic rings. The Morgan fingerprint density at radius 3 is 2.58 bits per heavy atom. The molecule has 2 aliphatic heterocycles. The fourth-order valence-corrected chi connectivity index (χ4v) is 5.38. The molecule has 0 spiro atoms. The van der Waals surface area contributed by atoms with Gasteiger partial charge in [-0.1, -0.05) is 63.2 Å². The average Bonchev–Trinajstić information content (AvgIpc) is 2.91. The largest absolute Gasteiger partial charge is 0.358 e. The maximum atomic E-state index is 13.3. The summed E-state index contributed by atoms with van der Waals surface area (Å²) >= 11 is 0. The molecule has 3 atom stereocenters. The third kappa shape index (κ3) is 5.52. The Morgan fingerprint density at radius 1 is 1.00 bits per heavy atom. The molecule has 7 nitrogen and oxygen atoms in total. The number of piperazine rings is 1. The first-order chi connectivity index (χ1) is 17.5. The van der Waals surface area contributed by atoms with Crippen molar-refractivity contribution in [1.82, 2.24) is 25.1 Å². The minimum absolute atomic E-state index is 0.0333. The standard InChI is InChI=1S/C29H38N6O/c1-20(2)27-29(36)30-17-23-18-34(14-13-21(3)22-9-5-4-6-10-22)15-16-35(23)19-26-31-25-12-8-7-11-24(25)28(32-26)33-27/h4-12,20-21,23,27H,13-19H2,1-3H3,(H,30,36)(H,31,32,33)/t21?,23?,27-/m0/s1. The second kappa shape index (κ2) is 10.9. The molecule has 7 heteroatoms. The Kier molecular flexibility index (Phi) is 7.48. The molecule has 36 heavy (non-hydrogen) atoms. The van der Waals surface area contributed by atoms with Gasteiger partial charge in [0.1, 0.15) is 17.7 Å². The van der Waals surface area contributed by atoms with Crippen LogP contribution >= 0.6 is 0 Å². The van der Waals surface area contributed by atoms with Crippen LogP contribution in [0.4, 0.5) is 5.82 Å². The van der Waals surface area contributed by atoms with Crippen molar-refractivity contribution in [3.05, 3.63) is 66.0 Å². The van der Waals surface area contributed by atoms with E-state index in [0.717, 1.165) is 55.1 Å². The highest BCUT2D eigenvalue weighted by Crippen LogP contribution is 2.25. The molecule has 2 unspecified atom stereocenters. The number of benzene rings is 2. The van der Waals surface area contributed by atoms with Crippen molar-refractivity contribution in [1.29, 1.82) is 0 Å². The van der Waals surface area contributed by atoms with E-state index in [0.29, 0.717) is 19.0 Å². The minimum atomic E-state index is -0.353. The zero-order chi connectivity index (χ0) is 25.1. The number of nitrogens with one attached hydrogen (secondary N) is 2. The highest BCUT2D eigenvalue weighted by Gasteiger charge is 2.31. The summed E-state index contributed by atoms with van der Waals surface area (Å²) in [7, 11) is 0. The van der Waals surface area contributed by atoms with E-state index >= 15 is 0 Å². The van der Waals surface area contributed by atoms with E-state index in [4.69, 9.17) is 9.97 Å². The van der Waals surface area contributed by atoms with Crippen molar-refractivity contribution in [3.8, 4) is 0 Å². The van der Waals surface area contributed by atoms with Crippen LogP contribution < -0.4 is 10.6 Å². The summed E-state index contributed by atoms with van der Waals surface area (Å²) in [6.45, 7) is 11.7. The lowest BCUT2D eigenvalue weighted by Gasteiger charge is -2.41. The Labute approximate surface area is 214 Å². The lowest BCUT2D eigenvalue weighted by Crippen LogP contribution is -2.57. The van der Waals surface area contributed by atoms with Crippen molar-refractivity contribution in [3.63, 3.8) is 0 Å². The van der Waals surface area contributed by atoms with Crippen LogP contribution in [0.5, 0.6) is 0 Å². The van der Waals surface area contributed by atoms with E-state index in [9.17, 15) is 4.79 Å². The summed E-state index contributed by atoms with van der Waals surface area (Å²) in [6.07, 6.45) is 1.12. The van der Waals surface area contributed by atoms with Crippen LogP contribution in [0.3, 0.4) is 0 Å². The quantitative estimate of drug-likeness (QED) is 0.570. The van der Waals surface area contributed by atoms with Gasteiger partial charge in [-0.2, -0.15) is 0 Å². The van der Waals surface area contributed by atoms with Gasteiger partial charge in [0.2, 0.25) is 5.91 Å². The van der Waals surface area contributed by atoms with Gasteiger partial charge in [-0.3, -0.25) is 9.69 Å². The molecule has 2 N–H and O–H groups in total. The van der Waals surface area contributed by atoms with Crippen molar-refractivity contribution in [2.75, 3.05) is 38.0 Å². The predicted molar refractivity (Wildman–Crippen MR) is 145 cm³/mol. The Hall–Kier alpha value is -3.03. The Morgan fingerprint density at radius 2 is 1.78 bits per heavy atom. The molecule has 0 radical (unpaired) electrons. The average molecular weight is 487 g/mol. The van der Waals surface area contributed by atoms with Gasteiger partial charge in [-0.05, 0) is 42.5 Å². The first kappa shape index (κ1) is 24.7. The van der Waals surface area contributed by atoms with E-state index in [2.05, 4.69) is 71.5 Å². The summed E-state index contributed by atoms with van der Waals surface area (Å²) < 4.78 is 0. The maximum absolute atomic E-state index is 13.3. The summed E-state index contributed by atoms with van der Waals surface area (Å²) in [5.41, 5.74) is 2.31. The van der Waals surface area contributed by atoms with Gasteiger partial charge in [0.25, 0.3) is 0 Å². The lowest BCUT2D eigenvalue weighted by molar-refractivity contribution is -0.123. The van der Waals surface area contributed by atoms with Crippen LogP contribution in [0.2, 0.25) is 0 Å². The third-order valence-electron chi connectivity index (χ3n) is 7.68. The highest BCUT2D eigenvalue weighted by molar-refractivity contribution is 5.92. The first-order valence-electron chi connectivity index (χ1n) is 13.3. The number of nitrogens with zero attached hydrogens (tertiary/aromatic N) is 4. The predicted octanol–water partition coefficient (Wildman–Crippen LogP) is 3.88. The number of carbonyl (C=O) groups is 1. The molecule has 1 amide bonds. The van der Waals surface area contributed by atoms with Gasteiger partial charge < -0.3 is 15.5 Å². The monoisotopic (exact) mass is 486 g/mol. The van der Waals surface area contributed by atoms with Crippen molar-refractivity contribution < 1.29 is 4.79 Å². The molecular formula is C29H38N6O. The van der Waals surface area contributed by atoms with E-state index in [1.54, 1.807) is 0 Å². The maximum Gasteiger partial charge on any atom is 0.242 e. The molecule has 3 heterocycles. The van der Waals surface area contributed by atoms with Crippen LogP contribution in [0.1, 0.15) is 44.5 Å². The molecule has 1 fully saturated rings. The number of rotatable bonds is 5. The molecule has 1 aromatic heterocycles. The highest BCUT2D eigenvalue weighted by atomic mass is 16.2. The SMILES string of the molecule is CC(CCN1CCN2Cc3nc(c4ccccc4n3)N[C@@H](C(C)C)C(=O)NCC2C1)c1ccccc1. The number of aromatic nitrogens is 2. The third-order valence-corrected chi connectivity index (χ3v) is 7.68. The van der Waals surface area contributed by atoms with Gasteiger partial charge in [0.15, 0.2) is 0 Å². The number of hydrogen-bond acceptors (Lipinski definition) is 6. The molecule has 0 saturated carbocycles. The summed E-state index contributed by atoms with van der Waals surface area (Å²) in [5.74, 6) is 2.24.